The van der Waals surface area contributed by atoms with Crippen LogP contribution in [-0.2, 0) is 15.0 Å². The summed E-state index contributed by atoms with van der Waals surface area (Å²) in [5, 5.41) is 12.0. The van der Waals surface area contributed by atoms with Crippen molar-refractivity contribution in [2.24, 2.45) is 0 Å². The van der Waals surface area contributed by atoms with E-state index >= 15 is 0 Å². The number of benzene rings is 3. The first kappa shape index (κ1) is 25.5. The van der Waals surface area contributed by atoms with Gasteiger partial charge in [0.25, 0.3) is 11.7 Å². The number of aryl methyl sites for hydroxylation is 2. The third-order valence-electron chi connectivity index (χ3n) is 6.58. The van der Waals surface area contributed by atoms with Crippen LogP contribution in [0.3, 0.4) is 0 Å². The van der Waals surface area contributed by atoms with Crippen LogP contribution in [-0.4, -0.2) is 23.9 Å². The van der Waals surface area contributed by atoms with E-state index in [9.17, 15) is 14.7 Å². The van der Waals surface area contributed by atoms with Crippen LogP contribution in [0.25, 0.3) is 5.76 Å². The quantitative estimate of drug-likeness (QED) is 0.239. The van der Waals surface area contributed by atoms with Gasteiger partial charge in [-0.1, -0.05) is 74.3 Å². The largest absolute Gasteiger partial charge is 0.507 e. The van der Waals surface area contributed by atoms with E-state index in [0.29, 0.717) is 27.6 Å². The molecule has 1 heterocycles. The Labute approximate surface area is 217 Å². The van der Waals surface area contributed by atoms with Gasteiger partial charge in [0.15, 0.2) is 0 Å². The predicted octanol–water partition coefficient (Wildman–Crippen LogP) is 6.89. The topological polar surface area (TPSA) is 66.8 Å². The monoisotopic (exact) mass is 503 g/mol. The molecule has 1 aliphatic heterocycles. The second-order valence-corrected chi connectivity index (χ2v) is 10.6. The fourth-order valence-electron chi connectivity index (χ4n) is 4.46. The number of Topliss-reactive ketones (excluding diaryl/α,β-unsaturated/α-hetero) is 1. The molecular weight excluding hydrogens is 474 g/mol. The van der Waals surface area contributed by atoms with Crippen molar-refractivity contribution < 1.29 is 19.4 Å². The second kappa shape index (κ2) is 9.47. The molecule has 0 radical (unpaired) electrons. The molecule has 3 aromatic rings. The highest BCUT2D eigenvalue weighted by Gasteiger charge is 2.47. The van der Waals surface area contributed by atoms with Gasteiger partial charge < -0.3 is 9.84 Å². The molecule has 1 amide bonds. The Bertz CT molecular complexity index is 1380. The SMILES string of the molecule is COc1ccc(C)cc1/C(O)=C1\C(=O)C(=O)N(c2ccc(C)c(Cl)c2)C1c1ccc(C(C)(C)C)cc1. The minimum atomic E-state index is -0.844. The van der Waals surface area contributed by atoms with E-state index in [1.54, 1.807) is 30.3 Å². The molecule has 0 aromatic heterocycles. The summed E-state index contributed by atoms with van der Waals surface area (Å²) in [6.45, 7) is 10.1. The lowest BCUT2D eigenvalue weighted by Crippen LogP contribution is -2.29. The van der Waals surface area contributed by atoms with Crippen molar-refractivity contribution in [2.75, 3.05) is 12.0 Å². The van der Waals surface area contributed by atoms with E-state index in [0.717, 1.165) is 16.7 Å². The predicted molar refractivity (Wildman–Crippen MR) is 144 cm³/mol. The van der Waals surface area contributed by atoms with Gasteiger partial charge in [-0.15, -0.1) is 0 Å². The average Bonchev–Trinajstić information content (AvgIpc) is 3.10. The van der Waals surface area contributed by atoms with Gasteiger partial charge in [-0.25, -0.2) is 0 Å². The molecular formula is C30H30ClNO4. The minimum absolute atomic E-state index is 0.00380. The first-order valence-electron chi connectivity index (χ1n) is 11.8. The molecule has 0 bridgehead atoms. The van der Waals surface area contributed by atoms with Crippen molar-refractivity contribution >= 4 is 34.7 Å². The molecule has 3 aromatic carbocycles. The number of rotatable bonds is 4. The highest BCUT2D eigenvalue weighted by atomic mass is 35.5. The molecule has 1 atom stereocenters. The summed E-state index contributed by atoms with van der Waals surface area (Å²) in [4.78, 5) is 28.3. The van der Waals surface area contributed by atoms with Crippen LogP contribution in [0.15, 0.2) is 66.2 Å². The van der Waals surface area contributed by atoms with Gasteiger partial charge in [0.1, 0.15) is 11.5 Å². The van der Waals surface area contributed by atoms with Crippen molar-refractivity contribution in [3.05, 3.63) is 99.1 Å². The molecule has 1 aliphatic rings. The van der Waals surface area contributed by atoms with Gasteiger partial charge in [-0.05, 0) is 60.2 Å². The fraction of sp³-hybridized carbons (Fsp3) is 0.267. The summed E-state index contributed by atoms with van der Waals surface area (Å²) < 4.78 is 5.46. The van der Waals surface area contributed by atoms with Crippen molar-refractivity contribution in [1.29, 1.82) is 0 Å². The molecule has 0 saturated carbocycles. The Morgan fingerprint density at radius 3 is 2.22 bits per heavy atom. The maximum Gasteiger partial charge on any atom is 0.300 e. The van der Waals surface area contributed by atoms with E-state index in [1.165, 1.54) is 12.0 Å². The number of aliphatic hydroxyl groups is 1. The number of hydrogen-bond donors (Lipinski definition) is 1. The van der Waals surface area contributed by atoms with Crippen LogP contribution >= 0.6 is 11.6 Å². The zero-order valence-electron chi connectivity index (χ0n) is 21.3. The summed E-state index contributed by atoms with van der Waals surface area (Å²) in [7, 11) is 1.50. The van der Waals surface area contributed by atoms with E-state index in [2.05, 4.69) is 20.8 Å². The van der Waals surface area contributed by atoms with Crippen LogP contribution in [0, 0.1) is 13.8 Å². The molecule has 0 aliphatic carbocycles. The highest BCUT2D eigenvalue weighted by molar-refractivity contribution is 6.52. The van der Waals surface area contributed by atoms with Gasteiger partial charge in [0, 0.05) is 10.7 Å². The van der Waals surface area contributed by atoms with Crippen molar-refractivity contribution in [1.82, 2.24) is 0 Å². The molecule has 1 N–H and O–H groups in total. The van der Waals surface area contributed by atoms with E-state index in [-0.39, 0.29) is 16.7 Å². The fourth-order valence-corrected chi connectivity index (χ4v) is 4.64. The van der Waals surface area contributed by atoms with Crippen LogP contribution in [0.1, 0.15) is 54.6 Å². The first-order valence-corrected chi connectivity index (χ1v) is 12.1. The van der Waals surface area contributed by atoms with Crippen molar-refractivity contribution in [2.45, 2.75) is 46.1 Å². The van der Waals surface area contributed by atoms with Crippen molar-refractivity contribution in [3.8, 4) is 5.75 Å². The third kappa shape index (κ3) is 4.51. The van der Waals surface area contributed by atoms with E-state index in [4.69, 9.17) is 16.3 Å². The standard InChI is InChI=1S/C30H30ClNO4/c1-17-7-14-24(36-6)22(15-17)27(33)25-26(19-9-11-20(12-10-19)30(3,4)5)32(29(35)28(25)34)21-13-8-18(2)23(31)16-21/h7-16,26,33H,1-6H3/b27-25+. The Kier molecular flexibility index (Phi) is 6.72. The third-order valence-corrected chi connectivity index (χ3v) is 6.99. The lowest BCUT2D eigenvalue weighted by molar-refractivity contribution is -0.132. The number of nitrogens with zero attached hydrogens (tertiary/aromatic N) is 1. The van der Waals surface area contributed by atoms with Crippen LogP contribution in [0.4, 0.5) is 5.69 Å². The Morgan fingerprint density at radius 1 is 0.972 bits per heavy atom. The average molecular weight is 504 g/mol. The number of amides is 1. The van der Waals surface area contributed by atoms with E-state index in [1.807, 2.05) is 44.2 Å². The Morgan fingerprint density at radius 2 is 1.64 bits per heavy atom. The number of ketones is 1. The first-order chi connectivity index (χ1) is 16.9. The van der Waals surface area contributed by atoms with Gasteiger partial charge in [0.2, 0.25) is 0 Å². The molecule has 5 nitrogen and oxygen atoms in total. The maximum absolute atomic E-state index is 13.5. The van der Waals surface area contributed by atoms with Gasteiger partial charge in [-0.2, -0.15) is 0 Å². The molecule has 36 heavy (non-hydrogen) atoms. The van der Waals surface area contributed by atoms with E-state index < -0.39 is 17.7 Å². The second-order valence-electron chi connectivity index (χ2n) is 10.2. The molecule has 1 saturated heterocycles. The maximum atomic E-state index is 13.5. The lowest BCUT2D eigenvalue weighted by Gasteiger charge is -2.27. The normalized spacial score (nSPS) is 17.5. The summed E-state index contributed by atoms with van der Waals surface area (Å²) in [5.74, 6) is -1.37. The number of aliphatic hydroxyl groups excluding tert-OH is 1. The number of halogens is 1. The molecule has 4 rings (SSSR count). The summed E-state index contributed by atoms with van der Waals surface area (Å²) in [6.07, 6.45) is 0. The van der Waals surface area contributed by atoms with Crippen LogP contribution in [0.2, 0.25) is 5.02 Å². The molecule has 1 unspecified atom stereocenters. The zero-order valence-corrected chi connectivity index (χ0v) is 22.1. The van der Waals surface area contributed by atoms with Gasteiger partial charge in [-0.3, -0.25) is 14.5 Å². The van der Waals surface area contributed by atoms with Crippen LogP contribution < -0.4 is 9.64 Å². The molecule has 186 valence electrons. The zero-order chi connectivity index (χ0) is 26.4. The Hall–Kier alpha value is -3.57. The number of anilines is 1. The summed E-state index contributed by atoms with van der Waals surface area (Å²) >= 11 is 6.39. The smallest absolute Gasteiger partial charge is 0.300 e. The number of carbonyl (C=O) groups excluding carboxylic acids is 2. The molecule has 0 spiro atoms. The summed E-state index contributed by atoms with van der Waals surface area (Å²) in [5.41, 5.74) is 4.31. The van der Waals surface area contributed by atoms with Crippen LogP contribution in [0.5, 0.6) is 5.75 Å². The van der Waals surface area contributed by atoms with Gasteiger partial charge >= 0.3 is 0 Å². The number of ether oxygens (including phenoxy) is 1. The number of methoxy groups -OCH3 is 1. The molecule has 1 fully saturated rings. The van der Waals surface area contributed by atoms with Gasteiger partial charge in [0.05, 0.1) is 24.3 Å². The highest BCUT2D eigenvalue weighted by Crippen LogP contribution is 2.44. The van der Waals surface area contributed by atoms with Crippen molar-refractivity contribution in [3.63, 3.8) is 0 Å². The Balaban J connectivity index is 1.98. The number of hydrogen-bond acceptors (Lipinski definition) is 4. The minimum Gasteiger partial charge on any atom is -0.507 e. The summed E-state index contributed by atoms with van der Waals surface area (Å²) in [6, 6.07) is 17.5. The lowest BCUT2D eigenvalue weighted by atomic mass is 9.85. The molecule has 6 heteroatoms. The number of carbonyl (C=O) groups is 2.